The van der Waals surface area contributed by atoms with Crippen LogP contribution in [0, 0.1) is 0 Å². The number of hydrogen-bond donors (Lipinski definition) is 0. The summed E-state index contributed by atoms with van der Waals surface area (Å²) in [5, 5.41) is 0. The van der Waals surface area contributed by atoms with Gasteiger partial charge in [-0.1, -0.05) is 0 Å². The highest BCUT2D eigenvalue weighted by Gasteiger charge is 2.38. The summed E-state index contributed by atoms with van der Waals surface area (Å²) in [7, 11) is 2.04. The third-order valence-electron chi connectivity index (χ3n) is 3.08. The van der Waals surface area contributed by atoms with Crippen LogP contribution in [-0.2, 0) is 0 Å². The molecule has 2 aliphatic rings. The highest BCUT2D eigenvalue weighted by molar-refractivity contribution is 5.20. The van der Waals surface area contributed by atoms with E-state index in [2.05, 4.69) is 4.90 Å². The molecule has 0 saturated carbocycles. The molecule has 2 heterocycles. The Hall–Kier alpha value is -0.370. The molecule has 2 unspecified atom stereocenters. The Morgan fingerprint density at radius 3 is 2.91 bits per heavy atom. The second kappa shape index (κ2) is 2.31. The van der Waals surface area contributed by atoms with Crippen LogP contribution in [0.15, 0.2) is 11.4 Å². The molecule has 2 rings (SSSR count). The van der Waals surface area contributed by atoms with E-state index in [0.29, 0.717) is 6.04 Å². The average Bonchev–Trinajstić information content (AvgIpc) is 2.23. The molecule has 0 aromatic heterocycles. The van der Waals surface area contributed by atoms with Gasteiger partial charge >= 0.3 is 0 Å². The predicted octanol–water partition coefficient (Wildman–Crippen LogP) is 2.10. The summed E-state index contributed by atoms with van der Waals surface area (Å²) in [6, 6.07) is 0.744. The van der Waals surface area contributed by atoms with Crippen LogP contribution >= 0.6 is 0 Å². The SMILES string of the molecule is CC1=C(F)C2CCC(C1)N2C. The van der Waals surface area contributed by atoms with Crippen LogP contribution in [0.5, 0.6) is 0 Å². The van der Waals surface area contributed by atoms with Gasteiger partial charge in [0.2, 0.25) is 0 Å². The van der Waals surface area contributed by atoms with Crippen molar-refractivity contribution in [3.8, 4) is 0 Å². The van der Waals surface area contributed by atoms with Gasteiger partial charge in [0.05, 0.1) is 6.04 Å². The van der Waals surface area contributed by atoms with Gasteiger partial charge < -0.3 is 0 Å². The van der Waals surface area contributed by atoms with Crippen molar-refractivity contribution in [3.63, 3.8) is 0 Å². The largest absolute Gasteiger partial charge is 0.294 e. The first kappa shape index (κ1) is 7.29. The van der Waals surface area contributed by atoms with Crippen molar-refractivity contribution >= 4 is 0 Å². The molecule has 11 heavy (non-hydrogen) atoms. The third kappa shape index (κ3) is 0.924. The summed E-state index contributed by atoms with van der Waals surface area (Å²) in [5.41, 5.74) is 0.982. The fourth-order valence-electron chi connectivity index (χ4n) is 2.30. The number of nitrogens with zero attached hydrogens (tertiary/aromatic N) is 1. The zero-order chi connectivity index (χ0) is 8.01. The van der Waals surface area contributed by atoms with Crippen molar-refractivity contribution in [3.05, 3.63) is 11.4 Å². The maximum atomic E-state index is 13.4. The maximum absolute atomic E-state index is 13.4. The van der Waals surface area contributed by atoms with Crippen molar-refractivity contribution in [2.24, 2.45) is 0 Å². The van der Waals surface area contributed by atoms with E-state index in [0.717, 1.165) is 18.4 Å². The molecular weight excluding hydrogens is 141 g/mol. The number of rotatable bonds is 0. The van der Waals surface area contributed by atoms with E-state index in [1.165, 1.54) is 6.42 Å². The molecule has 2 aliphatic heterocycles. The van der Waals surface area contributed by atoms with Crippen LogP contribution in [0.3, 0.4) is 0 Å². The normalized spacial score (nSPS) is 38.5. The first-order chi connectivity index (χ1) is 5.20. The van der Waals surface area contributed by atoms with Crippen LogP contribution in [0.25, 0.3) is 0 Å². The summed E-state index contributed by atoms with van der Waals surface area (Å²) < 4.78 is 13.4. The van der Waals surface area contributed by atoms with Gasteiger partial charge in [-0.15, -0.1) is 0 Å². The first-order valence-corrected chi connectivity index (χ1v) is 4.27. The summed E-state index contributed by atoms with van der Waals surface area (Å²) in [5.74, 6) is 0.140. The fourth-order valence-corrected chi connectivity index (χ4v) is 2.30. The number of halogens is 1. The fraction of sp³-hybridized carbons (Fsp3) is 0.778. The van der Waals surface area contributed by atoms with Crippen LogP contribution in [0.4, 0.5) is 4.39 Å². The molecule has 1 nitrogen and oxygen atoms in total. The molecule has 1 fully saturated rings. The Balaban J connectivity index is 2.32. The number of fused-ring (bicyclic) bond motifs is 2. The summed E-state index contributed by atoms with van der Waals surface area (Å²) in [6.45, 7) is 1.92. The second-order valence-corrected chi connectivity index (χ2v) is 3.74. The lowest BCUT2D eigenvalue weighted by Gasteiger charge is -2.30. The van der Waals surface area contributed by atoms with Crippen LogP contribution in [0.2, 0.25) is 0 Å². The number of hydrogen-bond acceptors (Lipinski definition) is 1. The highest BCUT2D eigenvalue weighted by Crippen LogP contribution is 2.38. The number of likely N-dealkylation sites (N-methyl/N-ethyl adjacent to an activating group) is 1. The van der Waals surface area contributed by atoms with E-state index in [-0.39, 0.29) is 11.9 Å². The van der Waals surface area contributed by atoms with Crippen LogP contribution < -0.4 is 0 Å². The van der Waals surface area contributed by atoms with Crippen LogP contribution in [-0.4, -0.2) is 24.0 Å². The molecule has 0 radical (unpaired) electrons. The van der Waals surface area contributed by atoms with E-state index >= 15 is 0 Å². The molecule has 0 aromatic carbocycles. The quantitative estimate of drug-likeness (QED) is 0.517. The van der Waals surface area contributed by atoms with Crippen molar-refractivity contribution in [1.29, 1.82) is 0 Å². The Bertz CT molecular complexity index is 210. The van der Waals surface area contributed by atoms with E-state index < -0.39 is 0 Å². The van der Waals surface area contributed by atoms with Gasteiger partial charge in [0.15, 0.2) is 0 Å². The van der Waals surface area contributed by atoms with Gasteiger partial charge in [0.25, 0.3) is 0 Å². The van der Waals surface area contributed by atoms with Gasteiger partial charge in [0, 0.05) is 6.04 Å². The van der Waals surface area contributed by atoms with E-state index in [1.807, 2.05) is 14.0 Å². The Morgan fingerprint density at radius 1 is 1.45 bits per heavy atom. The Kier molecular flexibility index (Phi) is 1.53. The summed E-state index contributed by atoms with van der Waals surface area (Å²) in [6.07, 6.45) is 3.13. The summed E-state index contributed by atoms with van der Waals surface area (Å²) in [4.78, 5) is 2.18. The van der Waals surface area contributed by atoms with E-state index in [4.69, 9.17) is 0 Å². The zero-order valence-electron chi connectivity index (χ0n) is 7.10. The lowest BCUT2D eigenvalue weighted by Crippen LogP contribution is -2.36. The van der Waals surface area contributed by atoms with Gasteiger partial charge in [-0.2, -0.15) is 0 Å². The molecule has 0 N–H and O–H groups in total. The average molecular weight is 155 g/mol. The minimum Gasteiger partial charge on any atom is -0.294 e. The molecule has 0 aliphatic carbocycles. The van der Waals surface area contributed by atoms with Crippen LogP contribution in [0.1, 0.15) is 26.2 Å². The van der Waals surface area contributed by atoms with Gasteiger partial charge in [-0.25, -0.2) is 4.39 Å². The third-order valence-corrected chi connectivity index (χ3v) is 3.08. The monoisotopic (exact) mass is 155 g/mol. The molecule has 2 atom stereocenters. The van der Waals surface area contributed by atoms with E-state index in [9.17, 15) is 4.39 Å². The first-order valence-electron chi connectivity index (χ1n) is 4.27. The van der Waals surface area contributed by atoms with Gasteiger partial charge in [-0.05, 0) is 38.8 Å². The molecule has 1 saturated heterocycles. The minimum atomic E-state index is 0.119. The highest BCUT2D eigenvalue weighted by atomic mass is 19.1. The molecule has 0 spiro atoms. The molecule has 2 heteroatoms. The molecule has 2 bridgehead atoms. The van der Waals surface area contributed by atoms with Crippen molar-refractivity contribution in [2.75, 3.05) is 7.05 Å². The second-order valence-electron chi connectivity index (χ2n) is 3.74. The Labute approximate surface area is 66.9 Å². The lowest BCUT2D eigenvalue weighted by atomic mass is 10.0. The maximum Gasteiger partial charge on any atom is 0.116 e. The molecule has 0 amide bonds. The van der Waals surface area contributed by atoms with Gasteiger partial charge in [-0.3, -0.25) is 4.90 Å². The minimum absolute atomic E-state index is 0.119. The standard InChI is InChI=1S/C9H14FN/c1-6-5-7-3-4-8(9(6)10)11(7)2/h7-8H,3-5H2,1-2H3. The van der Waals surface area contributed by atoms with E-state index in [1.54, 1.807) is 0 Å². The summed E-state index contributed by atoms with van der Waals surface area (Å²) >= 11 is 0. The topological polar surface area (TPSA) is 3.24 Å². The smallest absolute Gasteiger partial charge is 0.116 e. The Morgan fingerprint density at radius 2 is 2.18 bits per heavy atom. The van der Waals surface area contributed by atoms with Gasteiger partial charge in [0.1, 0.15) is 5.83 Å². The lowest BCUT2D eigenvalue weighted by molar-refractivity contribution is 0.218. The predicted molar refractivity (Wildman–Crippen MR) is 43.0 cm³/mol. The zero-order valence-corrected chi connectivity index (χ0v) is 7.10. The molecule has 62 valence electrons. The van der Waals surface area contributed by atoms with Crippen molar-refractivity contribution in [2.45, 2.75) is 38.3 Å². The molecular formula is C9H14FN. The molecule has 0 aromatic rings. The van der Waals surface area contributed by atoms with Crippen molar-refractivity contribution in [1.82, 2.24) is 4.90 Å². The van der Waals surface area contributed by atoms with Crippen molar-refractivity contribution < 1.29 is 4.39 Å².